The number of benzene rings is 2. The molecule has 0 spiro atoms. The predicted octanol–water partition coefficient (Wildman–Crippen LogP) is 3.97. The summed E-state index contributed by atoms with van der Waals surface area (Å²) >= 11 is 0. The number of piperazine rings is 1. The molecule has 8 rings (SSSR count). The number of hydrogen-bond donors (Lipinski definition) is 2. The molecule has 43 heavy (non-hydrogen) atoms. The van der Waals surface area contributed by atoms with Crippen LogP contribution in [0.25, 0.3) is 21.9 Å². The van der Waals surface area contributed by atoms with E-state index in [1.807, 2.05) is 4.57 Å². The van der Waals surface area contributed by atoms with Crippen LogP contribution in [0.3, 0.4) is 0 Å². The van der Waals surface area contributed by atoms with Gasteiger partial charge in [0.05, 0.1) is 24.0 Å². The second-order valence-electron chi connectivity index (χ2n) is 12.7. The molecule has 2 bridgehead atoms. The van der Waals surface area contributed by atoms with Crippen molar-refractivity contribution in [3.05, 3.63) is 59.7 Å². The van der Waals surface area contributed by atoms with Gasteiger partial charge in [0.2, 0.25) is 11.8 Å². The fraction of sp³-hybridized carbons (Fsp3) is 0.424. The van der Waals surface area contributed by atoms with E-state index in [-0.39, 0.29) is 23.4 Å². The van der Waals surface area contributed by atoms with Gasteiger partial charge in [-0.15, -0.1) is 6.42 Å². The molecule has 4 aromatic rings. The molecule has 0 aliphatic carbocycles. The third-order valence-electron chi connectivity index (χ3n) is 9.75. The van der Waals surface area contributed by atoms with E-state index in [0.29, 0.717) is 58.0 Å². The second kappa shape index (κ2) is 9.93. The molecule has 0 radical (unpaired) electrons. The van der Waals surface area contributed by atoms with Gasteiger partial charge in [0.15, 0.2) is 11.2 Å². The number of nitrogens with zero attached hydrogens (tertiary/aromatic N) is 6. The fourth-order valence-electron chi connectivity index (χ4n) is 7.84. The van der Waals surface area contributed by atoms with E-state index in [1.54, 1.807) is 24.5 Å². The molecule has 4 fully saturated rings. The van der Waals surface area contributed by atoms with Crippen LogP contribution in [-0.2, 0) is 6.54 Å². The summed E-state index contributed by atoms with van der Waals surface area (Å²) in [5, 5.41) is 15.5. The lowest BCUT2D eigenvalue weighted by atomic mass is 9.94. The Labute approximate surface area is 249 Å². The Morgan fingerprint density at radius 2 is 2.05 bits per heavy atom. The van der Waals surface area contributed by atoms with Crippen LogP contribution in [0.15, 0.2) is 42.7 Å². The molecule has 3 atom stereocenters. The van der Waals surface area contributed by atoms with Crippen molar-refractivity contribution in [2.45, 2.75) is 56.3 Å². The standard InChI is InChI=1S/C33H34FN7O2/c1-3-26-27(34)8-5-21-11-25(42)12-22(28(21)26)15-40-19-35-29-30(40)37-32(39-16-23-6-7-24(17-39)36-23)38-31(29)43-18-33-9-4-10-41(33)14-20(2)13-33/h1,5,8,11-12,19,23-24,36,42H,2,4,6-7,9-10,13-18H2/t23-,24+,33-/m0/s1. The van der Waals surface area contributed by atoms with Crippen molar-refractivity contribution < 1.29 is 14.2 Å². The average Bonchev–Trinajstić information content (AvgIpc) is 3.74. The minimum atomic E-state index is -0.471. The van der Waals surface area contributed by atoms with Crippen LogP contribution in [-0.4, -0.2) is 79.9 Å². The molecular weight excluding hydrogens is 545 g/mol. The average molecular weight is 580 g/mol. The summed E-state index contributed by atoms with van der Waals surface area (Å²) in [5.74, 6) is 3.21. The molecule has 4 aliphatic rings. The third kappa shape index (κ3) is 4.41. The van der Waals surface area contributed by atoms with Crippen molar-refractivity contribution in [2.75, 3.05) is 37.7 Å². The Kier molecular flexibility index (Phi) is 6.10. The number of phenols is 1. The molecule has 0 unspecified atom stereocenters. The van der Waals surface area contributed by atoms with Crippen LogP contribution in [0.2, 0.25) is 0 Å². The largest absolute Gasteiger partial charge is 0.508 e. The third-order valence-corrected chi connectivity index (χ3v) is 9.75. The predicted molar refractivity (Wildman–Crippen MR) is 163 cm³/mol. The lowest BCUT2D eigenvalue weighted by Crippen LogP contribution is -2.51. The molecule has 4 saturated heterocycles. The van der Waals surface area contributed by atoms with Gasteiger partial charge in [0.1, 0.15) is 18.2 Å². The second-order valence-corrected chi connectivity index (χ2v) is 12.7. The first-order valence-corrected chi connectivity index (χ1v) is 15.1. The van der Waals surface area contributed by atoms with Gasteiger partial charge in [0.25, 0.3) is 0 Å². The Balaban J connectivity index is 1.21. The van der Waals surface area contributed by atoms with Crippen LogP contribution >= 0.6 is 0 Å². The van der Waals surface area contributed by atoms with Crippen molar-refractivity contribution in [3.63, 3.8) is 0 Å². The molecular formula is C33H34FN7O2. The molecule has 220 valence electrons. The lowest BCUT2D eigenvalue weighted by molar-refractivity contribution is 0.112. The highest BCUT2D eigenvalue weighted by atomic mass is 19.1. The summed E-state index contributed by atoms with van der Waals surface area (Å²) < 4.78 is 23.3. The van der Waals surface area contributed by atoms with Gasteiger partial charge in [-0.1, -0.05) is 24.1 Å². The summed E-state index contributed by atoms with van der Waals surface area (Å²) in [7, 11) is 0. The maximum absolute atomic E-state index is 14.8. The van der Waals surface area contributed by atoms with Gasteiger partial charge in [0, 0.05) is 37.1 Å². The topological polar surface area (TPSA) is 91.6 Å². The number of nitrogens with one attached hydrogen (secondary N) is 1. The lowest BCUT2D eigenvalue weighted by Gasteiger charge is -2.33. The first-order chi connectivity index (χ1) is 20.9. The zero-order chi connectivity index (χ0) is 29.3. The highest BCUT2D eigenvalue weighted by molar-refractivity contribution is 5.92. The Hall–Kier alpha value is -4.20. The maximum Gasteiger partial charge on any atom is 0.247 e. The number of phenolic OH excluding ortho intramolecular Hbond substituents is 1. The Morgan fingerprint density at radius 3 is 2.86 bits per heavy atom. The number of ether oxygens (including phenoxy) is 1. The van der Waals surface area contributed by atoms with E-state index in [2.05, 4.69) is 27.6 Å². The molecule has 10 heteroatoms. The number of imidazole rings is 1. The molecule has 4 aliphatic heterocycles. The fourth-order valence-corrected chi connectivity index (χ4v) is 7.84. The number of aromatic nitrogens is 4. The van der Waals surface area contributed by atoms with Gasteiger partial charge in [-0.05, 0) is 67.8 Å². The van der Waals surface area contributed by atoms with Crippen molar-refractivity contribution in [3.8, 4) is 24.0 Å². The minimum absolute atomic E-state index is 0.0542. The van der Waals surface area contributed by atoms with Gasteiger partial charge in [-0.25, -0.2) is 9.37 Å². The quantitative estimate of drug-likeness (QED) is 0.262. The highest BCUT2D eigenvalue weighted by Gasteiger charge is 2.46. The summed E-state index contributed by atoms with van der Waals surface area (Å²) in [4.78, 5) is 19.5. The molecule has 6 heterocycles. The summed E-state index contributed by atoms with van der Waals surface area (Å²) in [6.45, 7) is 8.69. The number of halogens is 1. The summed E-state index contributed by atoms with van der Waals surface area (Å²) in [6, 6.07) is 7.02. The van der Waals surface area contributed by atoms with Crippen LogP contribution in [0.5, 0.6) is 11.6 Å². The van der Waals surface area contributed by atoms with Gasteiger partial charge >= 0.3 is 0 Å². The number of aromatic hydroxyl groups is 1. The van der Waals surface area contributed by atoms with Crippen molar-refractivity contribution in [2.24, 2.45) is 0 Å². The Bertz CT molecular complexity index is 1820. The zero-order valence-electron chi connectivity index (χ0n) is 24.0. The van der Waals surface area contributed by atoms with Crippen molar-refractivity contribution in [1.82, 2.24) is 29.7 Å². The molecule has 2 aromatic carbocycles. The highest BCUT2D eigenvalue weighted by Crippen LogP contribution is 2.41. The van der Waals surface area contributed by atoms with Crippen LogP contribution in [0.1, 0.15) is 43.2 Å². The van der Waals surface area contributed by atoms with Gasteiger partial charge in [-0.2, -0.15) is 9.97 Å². The van der Waals surface area contributed by atoms with E-state index in [0.717, 1.165) is 58.3 Å². The van der Waals surface area contributed by atoms with Crippen molar-refractivity contribution in [1.29, 1.82) is 0 Å². The van der Waals surface area contributed by atoms with Gasteiger partial charge < -0.3 is 24.6 Å². The smallest absolute Gasteiger partial charge is 0.247 e. The number of fused-ring (bicyclic) bond motifs is 5. The van der Waals surface area contributed by atoms with Crippen LogP contribution in [0.4, 0.5) is 10.3 Å². The van der Waals surface area contributed by atoms with E-state index >= 15 is 0 Å². The summed E-state index contributed by atoms with van der Waals surface area (Å²) in [6.07, 6.45) is 12.9. The number of anilines is 1. The maximum atomic E-state index is 14.8. The van der Waals surface area contributed by atoms with E-state index in [4.69, 9.17) is 26.1 Å². The van der Waals surface area contributed by atoms with E-state index in [9.17, 15) is 9.50 Å². The van der Waals surface area contributed by atoms with Crippen LogP contribution < -0.4 is 15.0 Å². The Morgan fingerprint density at radius 1 is 1.21 bits per heavy atom. The monoisotopic (exact) mass is 579 g/mol. The molecule has 0 saturated carbocycles. The van der Waals surface area contributed by atoms with Crippen molar-refractivity contribution >= 4 is 27.9 Å². The number of rotatable bonds is 6. The first-order valence-electron chi connectivity index (χ1n) is 15.1. The molecule has 2 N–H and O–H groups in total. The zero-order valence-corrected chi connectivity index (χ0v) is 24.0. The molecule has 9 nitrogen and oxygen atoms in total. The van der Waals surface area contributed by atoms with E-state index < -0.39 is 5.82 Å². The van der Waals surface area contributed by atoms with Gasteiger partial charge in [-0.3, -0.25) is 4.90 Å². The molecule has 2 aromatic heterocycles. The number of hydrogen-bond acceptors (Lipinski definition) is 8. The van der Waals surface area contributed by atoms with Crippen LogP contribution in [0, 0.1) is 18.2 Å². The van der Waals surface area contributed by atoms with E-state index in [1.165, 1.54) is 11.6 Å². The summed E-state index contributed by atoms with van der Waals surface area (Å²) in [5.41, 5.74) is 3.24. The minimum Gasteiger partial charge on any atom is -0.508 e. The number of terminal acetylenes is 1. The normalized spacial score (nSPS) is 25.1. The first kappa shape index (κ1) is 26.4. The molecule has 0 amide bonds. The SMILES string of the molecule is C#Cc1c(F)ccc2cc(O)cc(Cn3cnc4c(OC[C@@]56CCCN5CC(=C)C6)nc(N5C[C@H]6CC[C@@H](C5)N6)nc43)c12.